The largest absolute Gasteiger partial charge is 0.481 e. The van der Waals surface area contributed by atoms with Crippen LogP contribution in [0.2, 0.25) is 5.02 Å². The molecule has 1 aliphatic carbocycles. The van der Waals surface area contributed by atoms with Crippen LogP contribution in [0.1, 0.15) is 19.8 Å². The highest BCUT2D eigenvalue weighted by atomic mass is 35.5. The van der Waals surface area contributed by atoms with E-state index in [-0.39, 0.29) is 16.6 Å². The third kappa shape index (κ3) is 3.28. The number of carboxylic acids is 1. The highest BCUT2D eigenvalue weighted by molar-refractivity contribution is 6.30. The molecule has 1 saturated carbocycles. The molecule has 0 aromatic heterocycles. The number of hydrogen-bond acceptors (Lipinski definition) is 2. The lowest BCUT2D eigenvalue weighted by atomic mass is 9.95. The first-order valence-corrected chi connectivity index (χ1v) is 6.74. The smallest absolute Gasteiger partial charge is 0.307 e. The zero-order valence-electron chi connectivity index (χ0n) is 10.9. The van der Waals surface area contributed by atoms with E-state index in [4.69, 9.17) is 16.7 Å². The number of hydrogen-bond donors (Lipinski definition) is 2. The Morgan fingerprint density at radius 1 is 1.30 bits per heavy atom. The van der Waals surface area contributed by atoms with Crippen LogP contribution < -0.4 is 5.32 Å². The van der Waals surface area contributed by atoms with Crippen molar-refractivity contribution in [3.05, 3.63) is 29.0 Å². The van der Waals surface area contributed by atoms with Crippen LogP contribution >= 0.6 is 11.6 Å². The first-order chi connectivity index (χ1) is 9.36. The summed E-state index contributed by atoms with van der Waals surface area (Å²) in [7, 11) is 0. The minimum Gasteiger partial charge on any atom is -0.481 e. The van der Waals surface area contributed by atoms with Crippen LogP contribution in [0.25, 0.3) is 0 Å². The highest BCUT2D eigenvalue weighted by Gasteiger charge is 2.41. The zero-order valence-corrected chi connectivity index (χ0v) is 11.7. The Labute approximate surface area is 120 Å². The van der Waals surface area contributed by atoms with Crippen LogP contribution in [0.15, 0.2) is 18.2 Å². The molecule has 1 aromatic carbocycles. The van der Waals surface area contributed by atoms with E-state index in [0.717, 1.165) is 12.1 Å². The zero-order chi connectivity index (χ0) is 14.9. The van der Waals surface area contributed by atoms with Gasteiger partial charge in [-0.05, 0) is 37.0 Å². The number of amides is 1. The van der Waals surface area contributed by atoms with Crippen molar-refractivity contribution in [3.63, 3.8) is 0 Å². The maximum atomic E-state index is 13.2. The lowest BCUT2D eigenvalue weighted by Gasteiger charge is -2.15. The van der Waals surface area contributed by atoms with Crippen molar-refractivity contribution >= 4 is 29.2 Å². The molecule has 2 rings (SSSR count). The number of carboxylic acid groups (broad SMARTS) is 1. The van der Waals surface area contributed by atoms with Gasteiger partial charge in [0.1, 0.15) is 5.82 Å². The molecule has 1 unspecified atom stereocenters. The number of nitrogens with one attached hydrogen (secondary N) is 1. The molecule has 6 heteroatoms. The molecule has 20 heavy (non-hydrogen) atoms. The minimum atomic E-state index is -0.966. The van der Waals surface area contributed by atoms with E-state index >= 15 is 0 Å². The second-order valence-corrected chi connectivity index (χ2v) is 5.71. The minimum absolute atomic E-state index is 0.176. The molecular weight excluding hydrogens is 285 g/mol. The van der Waals surface area contributed by atoms with Gasteiger partial charge in [-0.15, -0.1) is 0 Å². The maximum absolute atomic E-state index is 13.2. The Balaban J connectivity index is 2.13. The van der Waals surface area contributed by atoms with Crippen molar-refractivity contribution < 1.29 is 19.1 Å². The predicted molar refractivity (Wildman–Crippen MR) is 73.1 cm³/mol. The summed E-state index contributed by atoms with van der Waals surface area (Å²) in [5, 5.41) is 11.9. The topological polar surface area (TPSA) is 66.4 Å². The number of halogens is 2. The maximum Gasteiger partial charge on any atom is 0.307 e. The molecule has 0 saturated heterocycles. The molecule has 3 atom stereocenters. The van der Waals surface area contributed by atoms with E-state index in [1.807, 2.05) is 6.92 Å². The number of carbonyl (C=O) groups excluding carboxylic acids is 1. The summed E-state index contributed by atoms with van der Waals surface area (Å²) in [4.78, 5) is 23.3. The van der Waals surface area contributed by atoms with Crippen LogP contribution in [0.4, 0.5) is 10.1 Å². The van der Waals surface area contributed by atoms with Gasteiger partial charge < -0.3 is 10.4 Å². The Morgan fingerprint density at radius 2 is 1.95 bits per heavy atom. The van der Waals surface area contributed by atoms with Crippen molar-refractivity contribution in [1.82, 2.24) is 0 Å². The third-order valence-electron chi connectivity index (χ3n) is 3.58. The van der Waals surface area contributed by atoms with E-state index in [9.17, 15) is 14.0 Å². The van der Waals surface area contributed by atoms with Gasteiger partial charge in [-0.1, -0.05) is 18.5 Å². The molecule has 0 radical (unpaired) electrons. The van der Waals surface area contributed by atoms with Crippen molar-refractivity contribution in [1.29, 1.82) is 0 Å². The molecule has 0 spiro atoms. The Kier molecular flexibility index (Phi) is 4.28. The predicted octanol–water partition coefficient (Wildman–Crippen LogP) is 3.16. The number of aliphatic carboxylic acids is 1. The summed E-state index contributed by atoms with van der Waals surface area (Å²) < 4.78 is 13.2. The van der Waals surface area contributed by atoms with Crippen LogP contribution in [-0.4, -0.2) is 17.0 Å². The average molecular weight is 300 g/mol. The van der Waals surface area contributed by atoms with Crippen LogP contribution in [0, 0.1) is 23.6 Å². The Morgan fingerprint density at radius 3 is 2.55 bits per heavy atom. The molecule has 1 aliphatic rings. The van der Waals surface area contributed by atoms with Gasteiger partial charge in [-0.25, -0.2) is 4.39 Å². The first kappa shape index (κ1) is 14.8. The van der Waals surface area contributed by atoms with E-state index < -0.39 is 29.5 Å². The monoisotopic (exact) mass is 299 g/mol. The lowest BCUT2D eigenvalue weighted by Crippen LogP contribution is -2.30. The fourth-order valence-corrected chi connectivity index (χ4v) is 2.94. The lowest BCUT2D eigenvalue weighted by molar-refractivity contribution is -0.145. The molecule has 4 nitrogen and oxygen atoms in total. The molecule has 0 aliphatic heterocycles. The summed E-state index contributed by atoms with van der Waals surface area (Å²) in [6.45, 7) is 1.92. The summed E-state index contributed by atoms with van der Waals surface area (Å²) in [5.74, 6) is -3.01. The number of carbonyl (C=O) groups is 2. The molecule has 2 N–H and O–H groups in total. The fourth-order valence-electron chi connectivity index (χ4n) is 2.72. The number of benzene rings is 1. The molecule has 1 aromatic rings. The van der Waals surface area contributed by atoms with Gasteiger partial charge in [-0.3, -0.25) is 9.59 Å². The Hall–Kier alpha value is -1.62. The summed E-state index contributed by atoms with van der Waals surface area (Å²) in [6.07, 6.45) is 1.00. The van der Waals surface area contributed by atoms with Crippen molar-refractivity contribution in [2.75, 3.05) is 5.32 Å². The van der Waals surface area contributed by atoms with Gasteiger partial charge in [0.15, 0.2) is 0 Å². The molecular formula is C14H15ClFNO3. The highest BCUT2D eigenvalue weighted by Crippen LogP contribution is 2.37. The SMILES string of the molecule is CC1C[C@H](C(=O)Nc2cc(F)cc(Cl)c2)[C@H](C(=O)O)C1. The first-order valence-electron chi connectivity index (χ1n) is 6.36. The van der Waals surface area contributed by atoms with Crippen LogP contribution in [0.3, 0.4) is 0 Å². The summed E-state index contributed by atoms with van der Waals surface area (Å²) >= 11 is 5.71. The molecule has 0 bridgehead atoms. The van der Waals surface area contributed by atoms with Gasteiger partial charge in [0.2, 0.25) is 5.91 Å². The van der Waals surface area contributed by atoms with E-state index in [2.05, 4.69) is 5.32 Å². The summed E-state index contributed by atoms with van der Waals surface area (Å²) in [5.41, 5.74) is 0.240. The van der Waals surface area contributed by atoms with Gasteiger partial charge in [0.25, 0.3) is 0 Å². The standard InChI is InChI=1S/C14H15ClFNO3/c1-7-2-11(12(3-7)14(19)20)13(18)17-10-5-8(15)4-9(16)6-10/h4-7,11-12H,2-3H2,1H3,(H,17,18)(H,19,20)/t7?,11-,12+/m0/s1. The summed E-state index contributed by atoms with van der Waals surface area (Å²) in [6, 6.07) is 3.71. The van der Waals surface area contributed by atoms with E-state index in [0.29, 0.717) is 12.8 Å². The molecule has 1 amide bonds. The fraction of sp³-hybridized carbons (Fsp3) is 0.429. The second kappa shape index (κ2) is 5.79. The van der Waals surface area contributed by atoms with Crippen molar-refractivity contribution in [2.24, 2.45) is 17.8 Å². The van der Waals surface area contributed by atoms with E-state index in [1.54, 1.807) is 0 Å². The quantitative estimate of drug-likeness (QED) is 0.901. The van der Waals surface area contributed by atoms with Gasteiger partial charge in [0, 0.05) is 10.7 Å². The van der Waals surface area contributed by atoms with Gasteiger partial charge in [-0.2, -0.15) is 0 Å². The van der Waals surface area contributed by atoms with Crippen LogP contribution in [-0.2, 0) is 9.59 Å². The van der Waals surface area contributed by atoms with Gasteiger partial charge in [0.05, 0.1) is 11.8 Å². The number of anilines is 1. The van der Waals surface area contributed by atoms with E-state index in [1.165, 1.54) is 6.07 Å². The average Bonchev–Trinajstić information content (AvgIpc) is 2.70. The Bertz CT molecular complexity index is 529. The third-order valence-corrected chi connectivity index (χ3v) is 3.80. The second-order valence-electron chi connectivity index (χ2n) is 5.28. The van der Waals surface area contributed by atoms with Gasteiger partial charge >= 0.3 is 5.97 Å². The van der Waals surface area contributed by atoms with Crippen molar-refractivity contribution in [3.8, 4) is 0 Å². The van der Waals surface area contributed by atoms with Crippen molar-refractivity contribution in [2.45, 2.75) is 19.8 Å². The molecule has 0 heterocycles. The molecule has 1 fully saturated rings. The normalized spacial score (nSPS) is 25.4. The number of rotatable bonds is 3. The molecule has 108 valence electrons. The van der Waals surface area contributed by atoms with Crippen LogP contribution in [0.5, 0.6) is 0 Å².